The number of hydrogen-bond acceptors (Lipinski definition) is 2. The van der Waals surface area contributed by atoms with Crippen molar-refractivity contribution in [2.45, 2.75) is 33.2 Å². The van der Waals surface area contributed by atoms with Gasteiger partial charge in [-0.1, -0.05) is 25.1 Å². The number of benzene rings is 1. The summed E-state index contributed by atoms with van der Waals surface area (Å²) in [5.74, 6) is -0.260. The largest absolute Gasteiger partial charge is 0.306 e. The Hall–Kier alpha value is -1.74. The van der Waals surface area contributed by atoms with Crippen LogP contribution in [0.25, 0.3) is 0 Å². The molecule has 1 heterocycles. The molecule has 0 radical (unpaired) electrons. The van der Waals surface area contributed by atoms with E-state index in [0.717, 1.165) is 18.5 Å². The first-order valence-electron chi connectivity index (χ1n) is 7.04. The molecule has 1 aromatic carbocycles. The highest BCUT2D eigenvalue weighted by molar-refractivity contribution is 5.41. The number of rotatable bonds is 5. The summed E-state index contributed by atoms with van der Waals surface area (Å²) < 4.78 is 14.1. The van der Waals surface area contributed by atoms with E-state index in [1.165, 1.54) is 17.3 Å². The van der Waals surface area contributed by atoms with Gasteiger partial charge >= 0.3 is 0 Å². The van der Waals surface area contributed by atoms with E-state index in [1.54, 1.807) is 12.3 Å². The van der Waals surface area contributed by atoms with Crippen molar-refractivity contribution in [3.63, 3.8) is 0 Å². The van der Waals surface area contributed by atoms with E-state index in [-0.39, 0.29) is 11.9 Å². The van der Waals surface area contributed by atoms with Gasteiger partial charge in [-0.15, -0.1) is 0 Å². The van der Waals surface area contributed by atoms with E-state index in [9.17, 15) is 4.39 Å². The highest BCUT2D eigenvalue weighted by atomic mass is 19.1. The summed E-state index contributed by atoms with van der Waals surface area (Å²) in [7, 11) is 0. The van der Waals surface area contributed by atoms with Crippen LogP contribution < -0.4 is 5.32 Å². The fourth-order valence-electron chi connectivity index (χ4n) is 2.56. The zero-order valence-corrected chi connectivity index (χ0v) is 12.3. The maximum Gasteiger partial charge on any atom is 0.146 e. The molecule has 0 aliphatic carbocycles. The van der Waals surface area contributed by atoms with Crippen LogP contribution in [0, 0.1) is 19.7 Å². The molecule has 1 aromatic heterocycles. The molecule has 2 nitrogen and oxygen atoms in total. The summed E-state index contributed by atoms with van der Waals surface area (Å²) in [5, 5.41) is 3.46. The van der Waals surface area contributed by atoms with Gasteiger partial charge in [-0.3, -0.25) is 4.98 Å². The maximum atomic E-state index is 14.1. The summed E-state index contributed by atoms with van der Waals surface area (Å²) in [4.78, 5) is 3.84. The van der Waals surface area contributed by atoms with E-state index in [1.807, 2.05) is 6.07 Å². The minimum absolute atomic E-state index is 0.126. The lowest BCUT2D eigenvalue weighted by Gasteiger charge is -2.23. The first kappa shape index (κ1) is 14.7. The van der Waals surface area contributed by atoms with E-state index in [4.69, 9.17) is 0 Å². The van der Waals surface area contributed by atoms with Crippen LogP contribution in [0.5, 0.6) is 0 Å². The summed E-state index contributed by atoms with van der Waals surface area (Å²) in [5.41, 5.74) is 4.17. The third-order valence-electron chi connectivity index (χ3n) is 3.54. The van der Waals surface area contributed by atoms with Gasteiger partial charge in [0.05, 0.1) is 12.2 Å². The van der Waals surface area contributed by atoms with Crippen molar-refractivity contribution in [3.8, 4) is 0 Å². The van der Waals surface area contributed by atoms with Gasteiger partial charge in [0.15, 0.2) is 0 Å². The van der Waals surface area contributed by atoms with Gasteiger partial charge in [-0.05, 0) is 49.6 Å². The third-order valence-corrected chi connectivity index (χ3v) is 3.54. The number of aryl methyl sites for hydroxylation is 2. The topological polar surface area (TPSA) is 24.9 Å². The molecular weight excluding hydrogens is 251 g/mol. The first-order chi connectivity index (χ1) is 9.65. The van der Waals surface area contributed by atoms with Crippen molar-refractivity contribution in [2.75, 3.05) is 6.54 Å². The molecule has 1 unspecified atom stereocenters. The van der Waals surface area contributed by atoms with Gasteiger partial charge in [-0.25, -0.2) is 4.39 Å². The number of halogens is 1. The molecule has 0 saturated heterocycles. The lowest BCUT2D eigenvalue weighted by molar-refractivity contribution is 0.540. The fraction of sp³-hybridized carbons (Fsp3) is 0.353. The van der Waals surface area contributed by atoms with Crippen molar-refractivity contribution in [2.24, 2.45) is 0 Å². The molecule has 1 atom stereocenters. The van der Waals surface area contributed by atoms with Gasteiger partial charge in [0.2, 0.25) is 0 Å². The number of nitrogens with one attached hydrogen (secondary N) is 1. The molecule has 0 spiro atoms. The predicted molar refractivity (Wildman–Crippen MR) is 80.2 cm³/mol. The SMILES string of the molecule is CCCNC(c1ccncc1F)c1c(C)cccc1C. The molecule has 1 N–H and O–H groups in total. The predicted octanol–water partition coefficient (Wildman–Crippen LogP) is 3.93. The minimum Gasteiger partial charge on any atom is -0.306 e. The second-order valence-electron chi connectivity index (χ2n) is 5.09. The summed E-state index contributed by atoms with van der Waals surface area (Å²) >= 11 is 0. The normalized spacial score (nSPS) is 12.4. The molecule has 20 heavy (non-hydrogen) atoms. The lowest BCUT2D eigenvalue weighted by Crippen LogP contribution is -2.25. The van der Waals surface area contributed by atoms with E-state index in [2.05, 4.69) is 43.2 Å². The zero-order chi connectivity index (χ0) is 14.5. The van der Waals surface area contributed by atoms with E-state index >= 15 is 0 Å². The average Bonchev–Trinajstić information content (AvgIpc) is 2.43. The lowest BCUT2D eigenvalue weighted by atomic mass is 9.91. The Labute approximate surface area is 120 Å². The smallest absolute Gasteiger partial charge is 0.146 e. The van der Waals surface area contributed by atoms with Crippen molar-refractivity contribution in [3.05, 3.63) is 64.7 Å². The third kappa shape index (κ3) is 3.05. The van der Waals surface area contributed by atoms with Gasteiger partial charge in [0, 0.05) is 11.8 Å². The molecule has 106 valence electrons. The molecule has 3 heteroatoms. The van der Waals surface area contributed by atoms with E-state index in [0.29, 0.717) is 5.56 Å². The van der Waals surface area contributed by atoms with Crippen LogP contribution in [-0.4, -0.2) is 11.5 Å². The quantitative estimate of drug-likeness (QED) is 0.892. The molecular formula is C17H21FN2. The summed E-state index contributed by atoms with van der Waals surface area (Å²) in [6.45, 7) is 7.10. The van der Waals surface area contributed by atoms with Gasteiger partial charge < -0.3 is 5.32 Å². The second-order valence-corrected chi connectivity index (χ2v) is 5.09. The van der Waals surface area contributed by atoms with Gasteiger partial charge in [-0.2, -0.15) is 0 Å². The number of nitrogens with zero attached hydrogens (tertiary/aromatic N) is 1. The Morgan fingerprint density at radius 2 is 1.90 bits per heavy atom. The van der Waals surface area contributed by atoms with Crippen molar-refractivity contribution >= 4 is 0 Å². The summed E-state index contributed by atoms with van der Waals surface area (Å²) in [6, 6.07) is 7.81. The number of hydrogen-bond donors (Lipinski definition) is 1. The van der Waals surface area contributed by atoms with Crippen LogP contribution in [-0.2, 0) is 0 Å². The Balaban J connectivity index is 2.50. The van der Waals surface area contributed by atoms with Crippen LogP contribution in [0.3, 0.4) is 0 Å². The molecule has 0 saturated carbocycles. The van der Waals surface area contributed by atoms with Crippen molar-refractivity contribution in [1.29, 1.82) is 0 Å². The Morgan fingerprint density at radius 3 is 2.50 bits per heavy atom. The second kappa shape index (κ2) is 6.62. The molecule has 0 fully saturated rings. The van der Waals surface area contributed by atoms with Crippen LogP contribution in [0.2, 0.25) is 0 Å². The highest BCUT2D eigenvalue weighted by Crippen LogP contribution is 2.29. The van der Waals surface area contributed by atoms with Crippen LogP contribution in [0.15, 0.2) is 36.7 Å². The summed E-state index contributed by atoms with van der Waals surface area (Å²) in [6.07, 6.45) is 3.93. The Kier molecular flexibility index (Phi) is 4.85. The minimum atomic E-state index is -0.260. The molecule has 0 aliphatic heterocycles. The monoisotopic (exact) mass is 272 g/mol. The Morgan fingerprint density at radius 1 is 1.20 bits per heavy atom. The molecule has 2 rings (SSSR count). The fourth-order valence-corrected chi connectivity index (χ4v) is 2.56. The van der Waals surface area contributed by atoms with Crippen molar-refractivity contribution < 1.29 is 4.39 Å². The number of pyridine rings is 1. The van der Waals surface area contributed by atoms with E-state index < -0.39 is 0 Å². The maximum absolute atomic E-state index is 14.1. The standard InChI is InChI=1S/C17H21FN2/c1-4-9-20-17(14-8-10-19-11-15(14)18)16-12(2)6-5-7-13(16)3/h5-8,10-11,17,20H,4,9H2,1-3H3. The van der Waals surface area contributed by atoms with Crippen molar-refractivity contribution in [1.82, 2.24) is 10.3 Å². The van der Waals surface area contributed by atoms with Gasteiger partial charge in [0.25, 0.3) is 0 Å². The van der Waals surface area contributed by atoms with Crippen LogP contribution in [0.4, 0.5) is 4.39 Å². The van der Waals surface area contributed by atoms with Crippen LogP contribution >= 0.6 is 0 Å². The van der Waals surface area contributed by atoms with Crippen LogP contribution in [0.1, 0.15) is 41.6 Å². The van der Waals surface area contributed by atoms with Gasteiger partial charge in [0.1, 0.15) is 5.82 Å². The molecule has 2 aromatic rings. The zero-order valence-electron chi connectivity index (χ0n) is 12.3. The molecule has 0 aliphatic rings. The highest BCUT2D eigenvalue weighted by Gasteiger charge is 2.20. The first-order valence-corrected chi connectivity index (χ1v) is 7.04. The Bertz CT molecular complexity index is 561. The molecule has 0 amide bonds. The molecule has 0 bridgehead atoms. The number of aromatic nitrogens is 1. The average molecular weight is 272 g/mol.